The van der Waals surface area contributed by atoms with Crippen molar-refractivity contribution < 1.29 is 22.7 Å². The largest absolute Gasteiger partial charge is 0.472 e. The van der Waals surface area contributed by atoms with Crippen LogP contribution in [-0.2, 0) is 6.18 Å². The molecule has 3 fully saturated rings. The molecule has 1 saturated carbocycles. The van der Waals surface area contributed by atoms with E-state index in [2.05, 4.69) is 19.9 Å². The molecule has 1 amide bonds. The Hall–Kier alpha value is -2.75. The summed E-state index contributed by atoms with van der Waals surface area (Å²) in [6.45, 7) is 2.63. The van der Waals surface area contributed by atoms with E-state index in [0.29, 0.717) is 31.1 Å². The van der Waals surface area contributed by atoms with Gasteiger partial charge >= 0.3 is 6.18 Å². The molecular formula is C22H24F3N5O2. The van der Waals surface area contributed by atoms with Crippen molar-refractivity contribution >= 4 is 5.91 Å². The van der Waals surface area contributed by atoms with Crippen LogP contribution >= 0.6 is 0 Å². The van der Waals surface area contributed by atoms with Crippen molar-refractivity contribution in [1.29, 1.82) is 0 Å². The molecule has 7 nitrogen and oxygen atoms in total. The molecule has 2 atom stereocenters. The van der Waals surface area contributed by atoms with Crippen LogP contribution in [0.2, 0.25) is 0 Å². The highest BCUT2D eigenvalue weighted by Gasteiger charge is 2.38. The molecule has 32 heavy (non-hydrogen) atoms. The fourth-order valence-electron chi connectivity index (χ4n) is 4.48. The second-order valence-corrected chi connectivity index (χ2v) is 8.71. The molecule has 0 unspecified atom stereocenters. The molecule has 0 spiro atoms. The standard InChI is InChI=1S/C22H24F3N5O2/c23-22(24,25)15-4-5-18(26-9-15)21(31)30-7-1-6-29-13-17(8-16(29)12-30)32-20-11-27-19(10-28-20)14-2-3-14/h4-5,9-11,14,16-17H,1-3,6-8,12-13H2/t16-,17-/m1/s1. The van der Waals surface area contributed by atoms with Gasteiger partial charge in [-0.15, -0.1) is 0 Å². The quantitative estimate of drug-likeness (QED) is 0.717. The number of hydrogen-bond donors (Lipinski definition) is 0. The highest BCUT2D eigenvalue weighted by Crippen LogP contribution is 2.38. The predicted molar refractivity (Wildman–Crippen MR) is 108 cm³/mol. The number of carbonyl (C=O) groups excluding carboxylic acids is 1. The van der Waals surface area contributed by atoms with Crippen LogP contribution in [0.5, 0.6) is 5.88 Å². The van der Waals surface area contributed by atoms with Crippen LogP contribution in [0.25, 0.3) is 0 Å². The summed E-state index contributed by atoms with van der Waals surface area (Å²) in [4.78, 5) is 29.5. The Kier molecular flexibility index (Phi) is 5.48. The average molecular weight is 447 g/mol. The highest BCUT2D eigenvalue weighted by atomic mass is 19.4. The molecule has 2 aromatic heterocycles. The van der Waals surface area contributed by atoms with Crippen LogP contribution in [0.1, 0.15) is 53.3 Å². The van der Waals surface area contributed by atoms with Crippen LogP contribution < -0.4 is 4.74 Å². The zero-order valence-electron chi connectivity index (χ0n) is 17.5. The Morgan fingerprint density at radius 1 is 1.03 bits per heavy atom. The summed E-state index contributed by atoms with van der Waals surface area (Å²) in [5.41, 5.74) is 0.187. The number of amides is 1. The number of rotatable bonds is 4. The van der Waals surface area contributed by atoms with Crippen molar-refractivity contribution in [3.63, 3.8) is 0 Å². The zero-order valence-corrected chi connectivity index (χ0v) is 17.5. The van der Waals surface area contributed by atoms with E-state index in [1.54, 1.807) is 17.3 Å². The summed E-state index contributed by atoms with van der Waals surface area (Å²) in [5.74, 6) is 0.717. The minimum absolute atomic E-state index is 0.0308. The van der Waals surface area contributed by atoms with Gasteiger partial charge in [0.15, 0.2) is 0 Å². The summed E-state index contributed by atoms with van der Waals surface area (Å²) in [6, 6.07) is 2.18. The van der Waals surface area contributed by atoms with E-state index in [1.807, 2.05) is 0 Å². The Balaban J connectivity index is 1.20. The minimum Gasteiger partial charge on any atom is -0.472 e. The lowest BCUT2D eigenvalue weighted by molar-refractivity contribution is -0.137. The van der Waals surface area contributed by atoms with Crippen LogP contribution in [0.15, 0.2) is 30.7 Å². The van der Waals surface area contributed by atoms with E-state index in [4.69, 9.17) is 4.74 Å². The molecule has 0 aromatic carbocycles. The van der Waals surface area contributed by atoms with Gasteiger partial charge in [-0.25, -0.2) is 4.98 Å². The van der Waals surface area contributed by atoms with Crippen molar-refractivity contribution in [3.8, 4) is 5.88 Å². The molecule has 1 aliphatic carbocycles. The lowest BCUT2D eigenvalue weighted by Crippen LogP contribution is -2.40. The van der Waals surface area contributed by atoms with Crippen LogP contribution in [0.3, 0.4) is 0 Å². The third-order valence-corrected chi connectivity index (χ3v) is 6.32. The Morgan fingerprint density at radius 2 is 1.88 bits per heavy atom. The van der Waals surface area contributed by atoms with Gasteiger partial charge < -0.3 is 9.64 Å². The number of pyridine rings is 1. The number of aromatic nitrogens is 3. The third-order valence-electron chi connectivity index (χ3n) is 6.32. The lowest BCUT2D eigenvalue weighted by atomic mass is 10.1. The normalized spacial score (nSPS) is 24.2. The summed E-state index contributed by atoms with van der Waals surface area (Å²) in [7, 11) is 0. The van der Waals surface area contributed by atoms with Gasteiger partial charge in [0.2, 0.25) is 5.88 Å². The molecule has 0 bridgehead atoms. The minimum atomic E-state index is -4.47. The number of halogens is 3. The monoisotopic (exact) mass is 447 g/mol. The van der Waals surface area contributed by atoms with Crippen LogP contribution in [0.4, 0.5) is 13.2 Å². The van der Waals surface area contributed by atoms with Gasteiger partial charge in [0.25, 0.3) is 5.91 Å². The summed E-state index contributed by atoms with van der Waals surface area (Å²) in [6.07, 6.45) is 3.55. The van der Waals surface area contributed by atoms with E-state index < -0.39 is 11.7 Å². The molecular weight excluding hydrogens is 423 g/mol. The van der Waals surface area contributed by atoms with E-state index in [0.717, 1.165) is 43.8 Å². The highest BCUT2D eigenvalue weighted by molar-refractivity contribution is 5.92. The fraction of sp³-hybridized carbons (Fsp3) is 0.545. The molecule has 2 aliphatic heterocycles. The van der Waals surface area contributed by atoms with Gasteiger partial charge in [0.05, 0.1) is 23.7 Å². The first-order valence-corrected chi connectivity index (χ1v) is 10.9. The van der Waals surface area contributed by atoms with Gasteiger partial charge in [-0.3, -0.25) is 19.7 Å². The van der Waals surface area contributed by atoms with Crippen molar-refractivity contribution in [2.24, 2.45) is 0 Å². The third kappa shape index (κ3) is 4.55. The maximum atomic E-state index is 12.9. The molecule has 4 heterocycles. The molecule has 170 valence electrons. The molecule has 0 radical (unpaired) electrons. The van der Waals surface area contributed by atoms with Crippen molar-refractivity contribution in [1.82, 2.24) is 24.8 Å². The first kappa shape index (κ1) is 21.1. The van der Waals surface area contributed by atoms with Crippen molar-refractivity contribution in [3.05, 3.63) is 47.7 Å². The van der Waals surface area contributed by atoms with Crippen LogP contribution in [0, 0.1) is 0 Å². The molecule has 3 aliphatic rings. The average Bonchev–Trinajstić information content (AvgIpc) is 3.58. The second kappa shape index (κ2) is 8.31. The van der Waals surface area contributed by atoms with E-state index >= 15 is 0 Å². The number of fused-ring (bicyclic) bond motifs is 1. The Labute approximate surface area is 183 Å². The summed E-state index contributed by atoms with van der Waals surface area (Å²) < 4.78 is 44.3. The second-order valence-electron chi connectivity index (χ2n) is 8.71. The Morgan fingerprint density at radius 3 is 2.53 bits per heavy atom. The van der Waals surface area contributed by atoms with E-state index in [1.165, 1.54) is 12.8 Å². The summed E-state index contributed by atoms with van der Waals surface area (Å²) in [5, 5.41) is 0. The van der Waals surface area contributed by atoms with Crippen LogP contribution in [-0.4, -0.2) is 69.0 Å². The van der Waals surface area contributed by atoms with Gasteiger partial charge in [-0.2, -0.15) is 13.2 Å². The van der Waals surface area contributed by atoms with Gasteiger partial charge in [-0.1, -0.05) is 0 Å². The molecule has 5 rings (SSSR count). The van der Waals surface area contributed by atoms with Gasteiger partial charge in [0.1, 0.15) is 11.8 Å². The molecule has 2 aromatic rings. The van der Waals surface area contributed by atoms with Gasteiger partial charge in [0, 0.05) is 50.8 Å². The maximum Gasteiger partial charge on any atom is 0.417 e. The fourth-order valence-corrected chi connectivity index (χ4v) is 4.48. The molecule has 10 heteroatoms. The number of ether oxygens (including phenoxy) is 1. The topological polar surface area (TPSA) is 71.5 Å². The van der Waals surface area contributed by atoms with Crippen molar-refractivity contribution in [2.45, 2.75) is 49.9 Å². The van der Waals surface area contributed by atoms with Gasteiger partial charge in [-0.05, 0) is 31.4 Å². The zero-order chi connectivity index (χ0) is 22.3. The number of hydrogen-bond acceptors (Lipinski definition) is 6. The first-order valence-electron chi connectivity index (χ1n) is 10.9. The lowest BCUT2D eigenvalue weighted by Gasteiger charge is -2.25. The number of nitrogens with zero attached hydrogens (tertiary/aromatic N) is 5. The SMILES string of the molecule is O=C(c1ccc(C(F)(F)F)cn1)N1CCCN2C[C@H](Oc3cnc(C4CC4)cn3)C[C@@H]2C1. The Bertz CT molecular complexity index is 963. The first-order chi connectivity index (χ1) is 15.4. The predicted octanol–water partition coefficient (Wildman–Crippen LogP) is 3.14. The smallest absolute Gasteiger partial charge is 0.417 e. The maximum absolute atomic E-state index is 12.9. The number of alkyl halides is 3. The van der Waals surface area contributed by atoms with E-state index in [9.17, 15) is 18.0 Å². The number of carbonyl (C=O) groups is 1. The van der Waals surface area contributed by atoms with Crippen molar-refractivity contribution in [2.75, 3.05) is 26.2 Å². The van der Waals surface area contributed by atoms with E-state index in [-0.39, 0.29) is 23.7 Å². The molecule has 0 N–H and O–H groups in total. The molecule has 2 saturated heterocycles. The summed E-state index contributed by atoms with van der Waals surface area (Å²) >= 11 is 0.